The van der Waals surface area contributed by atoms with E-state index in [9.17, 15) is 18.0 Å². The second-order valence-electron chi connectivity index (χ2n) is 5.16. The van der Waals surface area contributed by atoms with Gasteiger partial charge in [-0.05, 0) is 43.3 Å². The van der Waals surface area contributed by atoms with E-state index in [0.717, 1.165) is 5.56 Å². The molecule has 1 heterocycles. The van der Waals surface area contributed by atoms with Crippen LogP contribution >= 0.6 is 0 Å². The maximum Gasteiger partial charge on any atom is 0.335 e. The van der Waals surface area contributed by atoms with Gasteiger partial charge in [0.15, 0.2) is 5.76 Å². The standard InChI is InChI=1S/C16H18N2O7S/c1-17-26(22,23)14-6-5-12(25-14)15(19)18-8-7-10-3-4-11(16(20)21)9-13(10)24-2/h3-6,9,17H,7-8H2,1-2H3,(H,18,19)(H,20,21). The maximum atomic E-state index is 12.0. The monoisotopic (exact) mass is 382 g/mol. The maximum absolute atomic E-state index is 12.0. The van der Waals surface area contributed by atoms with Crippen molar-refractivity contribution in [3.63, 3.8) is 0 Å². The third-order valence-electron chi connectivity index (χ3n) is 3.55. The molecule has 0 aliphatic carbocycles. The van der Waals surface area contributed by atoms with Crippen LogP contribution in [0.25, 0.3) is 0 Å². The molecule has 0 spiro atoms. The largest absolute Gasteiger partial charge is 0.496 e. The smallest absolute Gasteiger partial charge is 0.335 e. The number of hydrogen-bond acceptors (Lipinski definition) is 6. The Hall–Kier alpha value is -2.85. The van der Waals surface area contributed by atoms with Crippen LogP contribution in [0.5, 0.6) is 5.75 Å². The molecule has 9 nitrogen and oxygen atoms in total. The second kappa shape index (κ2) is 8.02. The van der Waals surface area contributed by atoms with Gasteiger partial charge >= 0.3 is 5.97 Å². The van der Waals surface area contributed by atoms with E-state index in [-0.39, 0.29) is 23.0 Å². The van der Waals surface area contributed by atoms with Crippen LogP contribution in [0.2, 0.25) is 0 Å². The predicted molar refractivity (Wildman–Crippen MR) is 90.9 cm³/mol. The summed E-state index contributed by atoms with van der Waals surface area (Å²) < 4.78 is 35.5. The van der Waals surface area contributed by atoms with Crippen molar-refractivity contribution in [1.29, 1.82) is 0 Å². The van der Waals surface area contributed by atoms with Gasteiger partial charge in [-0.15, -0.1) is 0 Å². The number of carboxylic acid groups (broad SMARTS) is 1. The number of rotatable bonds is 8. The van der Waals surface area contributed by atoms with Gasteiger partial charge in [0, 0.05) is 6.54 Å². The molecule has 3 N–H and O–H groups in total. The van der Waals surface area contributed by atoms with Gasteiger partial charge in [0.1, 0.15) is 5.75 Å². The molecule has 10 heteroatoms. The normalized spacial score (nSPS) is 11.2. The Labute approximate surface area is 150 Å². The van der Waals surface area contributed by atoms with E-state index in [2.05, 4.69) is 10.0 Å². The summed E-state index contributed by atoms with van der Waals surface area (Å²) in [6, 6.07) is 6.92. The Morgan fingerprint density at radius 3 is 2.58 bits per heavy atom. The fourth-order valence-corrected chi connectivity index (χ4v) is 2.82. The molecule has 2 aromatic rings. The van der Waals surface area contributed by atoms with Crippen molar-refractivity contribution in [2.45, 2.75) is 11.5 Å². The van der Waals surface area contributed by atoms with Crippen LogP contribution in [0.1, 0.15) is 26.5 Å². The summed E-state index contributed by atoms with van der Waals surface area (Å²) in [5.41, 5.74) is 0.819. The number of carbonyl (C=O) groups is 2. The lowest BCUT2D eigenvalue weighted by atomic mass is 10.1. The van der Waals surface area contributed by atoms with E-state index in [4.69, 9.17) is 14.3 Å². The number of hydrogen-bond donors (Lipinski definition) is 3. The molecule has 0 aliphatic rings. The summed E-state index contributed by atoms with van der Waals surface area (Å²) >= 11 is 0. The minimum atomic E-state index is -3.76. The van der Waals surface area contributed by atoms with Gasteiger partial charge < -0.3 is 19.6 Å². The summed E-state index contributed by atoms with van der Waals surface area (Å²) in [6.07, 6.45) is 0.386. The van der Waals surface area contributed by atoms with Crippen LogP contribution in [0.15, 0.2) is 39.8 Å². The average molecular weight is 382 g/mol. The molecule has 0 saturated carbocycles. The molecule has 2 rings (SSSR count). The first-order valence-electron chi connectivity index (χ1n) is 7.50. The number of benzene rings is 1. The lowest BCUT2D eigenvalue weighted by Crippen LogP contribution is -2.25. The van der Waals surface area contributed by atoms with E-state index in [1.165, 1.54) is 38.4 Å². The van der Waals surface area contributed by atoms with Gasteiger partial charge in [-0.2, -0.15) is 0 Å². The number of furan rings is 1. The topological polar surface area (TPSA) is 135 Å². The van der Waals surface area contributed by atoms with Crippen LogP contribution < -0.4 is 14.8 Å². The zero-order valence-corrected chi connectivity index (χ0v) is 14.9. The summed E-state index contributed by atoms with van der Waals surface area (Å²) in [7, 11) is -1.09. The highest BCUT2D eigenvalue weighted by molar-refractivity contribution is 7.89. The Bertz CT molecular complexity index is 918. The van der Waals surface area contributed by atoms with Gasteiger partial charge in [0.05, 0.1) is 12.7 Å². The molecule has 0 radical (unpaired) electrons. The third-order valence-corrected chi connectivity index (χ3v) is 4.84. The molecule has 1 aromatic heterocycles. The van der Waals surface area contributed by atoms with Gasteiger partial charge in [0.2, 0.25) is 5.09 Å². The first kappa shape index (κ1) is 19.5. The number of amides is 1. The number of aromatic carboxylic acids is 1. The lowest BCUT2D eigenvalue weighted by molar-refractivity contribution is 0.0696. The van der Waals surface area contributed by atoms with Crippen LogP contribution in [0.4, 0.5) is 0 Å². The van der Waals surface area contributed by atoms with E-state index in [1.54, 1.807) is 6.07 Å². The van der Waals surface area contributed by atoms with Crippen molar-refractivity contribution in [3.05, 3.63) is 47.2 Å². The van der Waals surface area contributed by atoms with Crippen LogP contribution in [0, 0.1) is 0 Å². The Balaban J connectivity index is 2.00. The van der Waals surface area contributed by atoms with E-state index < -0.39 is 21.9 Å². The Morgan fingerprint density at radius 1 is 1.23 bits per heavy atom. The quantitative estimate of drug-likeness (QED) is 0.616. The molecule has 1 amide bonds. The zero-order valence-electron chi connectivity index (χ0n) is 14.1. The molecule has 140 valence electrons. The minimum Gasteiger partial charge on any atom is -0.496 e. The molecular formula is C16H18N2O7S. The number of carbonyl (C=O) groups excluding carboxylic acids is 1. The van der Waals surface area contributed by atoms with Gasteiger partial charge in [0.25, 0.3) is 15.9 Å². The van der Waals surface area contributed by atoms with Gasteiger partial charge in [-0.25, -0.2) is 17.9 Å². The molecule has 26 heavy (non-hydrogen) atoms. The number of carboxylic acids is 1. The van der Waals surface area contributed by atoms with Crippen molar-refractivity contribution >= 4 is 21.9 Å². The lowest BCUT2D eigenvalue weighted by Gasteiger charge is -2.10. The van der Waals surface area contributed by atoms with Crippen molar-refractivity contribution in [1.82, 2.24) is 10.0 Å². The van der Waals surface area contributed by atoms with Crippen molar-refractivity contribution in [2.24, 2.45) is 0 Å². The van der Waals surface area contributed by atoms with Crippen molar-refractivity contribution in [3.8, 4) is 5.75 Å². The summed E-state index contributed by atoms with van der Waals surface area (Å²) in [5.74, 6) is -1.36. The average Bonchev–Trinajstić information content (AvgIpc) is 3.12. The van der Waals surface area contributed by atoms with E-state index >= 15 is 0 Å². The fourth-order valence-electron chi connectivity index (χ4n) is 2.17. The predicted octanol–water partition coefficient (Wildman–Crippen LogP) is 0.867. The van der Waals surface area contributed by atoms with Crippen LogP contribution in [0.3, 0.4) is 0 Å². The third kappa shape index (κ3) is 4.41. The first-order valence-corrected chi connectivity index (χ1v) is 8.98. The number of methoxy groups -OCH3 is 1. The van der Waals surface area contributed by atoms with Crippen LogP contribution in [-0.2, 0) is 16.4 Å². The minimum absolute atomic E-state index is 0.100. The molecule has 0 unspecified atom stereocenters. The molecule has 0 bridgehead atoms. The zero-order chi connectivity index (χ0) is 19.3. The Kier molecular flexibility index (Phi) is 6.01. The van der Waals surface area contributed by atoms with Gasteiger partial charge in [-0.1, -0.05) is 6.07 Å². The number of ether oxygens (including phenoxy) is 1. The summed E-state index contributed by atoms with van der Waals surface area (Å²) in [6.45, 7) is 0.219. The van der Waals surface area contributed by atoms with Crippen molar-refractivity contribution in [2.75, 3.05) is 20.7 Å². The second-order valence-corrected chi connectivity index (χ2v) is 6.98. The SMILES string of the molecule is CNS(=O)(=O)c1ccc(C(=O)NCCc2ccc(C(=O)O)cc2OC)o1. The fraction of sp³-hybridized carbons (Fsp3) is 0.250. The summed E-state index contributed by atoms with van der Waals surface area (Å²) in [4.78, 5) is 23.0. The highest BCUT2D eigenvalue weighted by atomic mass is 32.2. The molecule has 0 aliphatic heterocycles. The Morgan fingerprint density at radius 2 is 1.96 bits per heavy atom. The van der Waals surface area contributed by atoms with E-state index in [0.29, 0.717) is 12.2 Å². The van der Waals surface area contributed by atoms with Gasteiger partial charge in [-0.3, -0.25) is 4.79 Å². The first-order chi connectivity index (χ1) is 12.3. The summed E-state index contributed by atoms with van der Waals surface area (Å²) in [5, 5.41) is 11.2. The van der Waals surface area contributed by atoms with Crippen molar-refractivity contribution < 1.29 is 32.3 Å². The molecule has 1 aromatic carbocycles. The molecule has 0 fully saturated rings. The highest BCUT2D eigenvalue weighted by Gasteiger charge is 2.19. The van der Waals surface area contributed by atoms with Crippen LogP contribution in [-0.4, -0.2) is 46.1 Å². The number of nitrogens with one attached hydrogen (secondary N) is 2. The highest BCUT2D eigenvalue weighted by Crippen LogP contribution is 2.21. The number of sulfonamides is 1. The molecule has 0 atom stereocenters. The molecule has 0 saturated heterocycles. The molecular weight excluding hydrogens is 364 g/mol. The van der Waals surface area contributed by atoms with E-state index in [1.807, 2.05) is 0 Å².